The van der Waals surface area contributed by atoms with Crippen molar-refractivity contribution in [1.29, 1.82) is 0 Å². The molecule has 1 heteroatoms. The van der Waals surface area contributed by atoms with Gasteiger partial charge in [-0.05, 0) is 42.7 Å². The molecule has 0 aliphatic heterocycles. The standard InChI is InChI=1S/C14H21N/c1-4-10-7-12-9-11(5-2)13(6-3)15-14(12)8-10/h9-10H,4-8H2,1-3H3. The molecule has 0 amide bonds. The lowest BCUT2D eigenvalue weighted by Gasteiger charge is -2.07. The van der Waals surface area contributed by atoms with Crippen LogP contribution in [0.4, 0.5) is 0 Å². The lowest BCUT2D eigenvalue weighted by atomic mass is 10.0. The van der Waals surface area contributed by atoms with E-state index in [4.69, 9.17) is 4.98 Å². The van der Waals surface area contributed by atoms with Crippen molar-refractivity contribution in [2.24, 2.45) is 5.92 Å². The predicted octanol–water partition coefficient (Wildman–Crippen LogP) is 3.33. The molecule has 0 radical (unpaired) electrons. The van der Waals surface area contributed by atoms with Crippen LogP contribution < -0.4 is 0 Å². The number of fused-ring (bicyclic) bond motifs is 1. The molecule has 0 bridgehead atoms. The Hall–Kier alpha value is -0.850. The highest BCUT2D eigenvalue weighted by Crippen LogP contribution is 2.29. The first-order valence-corrected chi connectivity index (χ1v) is 6.28. The molecule has 2 rings (SSSR count). The average Bonchev–Trinajstić information content (AvgIpc) is 2.68. The van der Waals surface area contributed by atoms with Crippen LogP contribution in [0.1, 0.15) is 49.7 Å². The summed E-state index contributed by atoms with van der Waals surface area (Å²) in [5.74, 6) is 0.851. The smallest absolute Gasteiger partial charge is 0.0442 e. The van der Waals surface area contributed by atoms with Crippen molar-refractivity contribution in [1.82, 2.24) is 4.98 Å². The summed E-state index contributed by atoms with van der Waals surface area (Å²) in [5, 5.41) is 0. The number of aromatic nitrogens is 1. The van der Waals surface area contributed by atoms with E-state index in [0.29, 0.717) is 0 Å². The van der Waals surface area contributed by atoms with Gasteiger partial charge in [0, 0.05) is 11.4 Å². The van der Waals surface area contributed by atoms with Gasteiger partial charge in [0.05, 0.1) is 0 Å². The number of pyridine rings is 1. The SMILES string of the molecule is CCc1cc2c(nc1CC)CC(CC)C2. The third kappa shape index (κ3) is 1.92. The molecule has 82 valence electrons. The molecule has 15 heavy (non-hydrogen) atoms. The summed E-state index contributed by atoms with van der Waals surface area (Å²) in [6.45, 7) is 6.73. The molecule has 1 aromatic rings. The monoisotopic (exact) mass is 203 g/mol. The molecule has 1 unspecified atom stereocenters. The minimum atomic E-state index is 0.851. The van der Waals surface area contributed by atoms with Crippen molar-refractivity contribution in [3.63, 3.8) is 0 Å². The van der Waals surface area contributed by atoms with Crippen molar-refractivity contribution in [2.75, 3.05) is 0 Å². The third-order valence-corrected chi connectivity index (χ3v) is 3.64. The fourth-order valence-corrected chi connectivity index (χ4v) is 2.59. The molecular formula is C14H21N. The highest BCUT2D eigenvalue weighted by molar-refractivity contribution is 5.34. The minimum absolute atomic E-state index is 0.851. The molecule has 1 aliphatic rings. The van der Waals surface area contributed by atoms with E-state index in [1.165, 1.54) is 41.8 Å². The summed E-state index contributed by atoms with van der Waals surface area (Å²) in [6.07, 6.45) is 5.96. The Labute approximate surface area is 92.9 Å². The highest BCUT2D eigenvalue weighted by atomic mass is 14.7. The van der Waals surface area contributed by atoms with Gasteiger partial charge in [0.25, 0.3) is 0 Å². The van der Waals surface area contributed by atoms with Gasteiger partial charge in [-0.1, -0.05) is 33.3 Å². The van der Waals surface area contributed by atoms with E-state index in [2.05, 4.69) is 26.8 Å². The maximum absolute atomic E-state index is 4.84. The minimum Gasteiger partial charge on any atom is -0.257 e. The predicted molar refractivity (Wildman–Crippen MR) is 64.2 cm³/mol. The summed E-state index contributed by atoms with van der Waals surface area (Å²) in [5.41, 5.74) is 5.70. The zero-order valence-electron chi connectivity index (χ0n) is 10.1. The number of aryl methyl sites for hydroxylation is 2. The van der Waals surface area contributed by atoms with Crippen LogP contribution in [-0.4, -0.2) is 4.98 Å². The molecule has 0 spiro atoms. The van der Waals surface area contributed by atoms with E-state index >= 15 is 0 Å². The summed E-state index contributed by atoms with van der Waals surface area (Å²) in [6, 6.07) is 2.41. The molecular weight excluding hydrogens is 182 g/mol. The van der Waals surface area contributed by atoms with Crippen molar-refractivity contribution >= 4 is 0 Å². The molecule has 0 saturated heterocycles. The van der Waals surface area contributed by atoms with Crippen molar-refractivity contribution < 1.29 is 0 Å². The summed E-state index contributed by atoms with van der Waals surface area (Å²) >= 11 is 0. The topological polar surface area (TPSA) is 12.9 Å². The van der Waals surface area contributed by atoms with Crippen molar-refractivity contribution in [3.8, 4) is 0 Å². The van der Waals surface area contributed by atoms with Gasteiger partial charge in [0.1, 0.15) is 0 Å². The Bertz CT molecular complexity index is 322. The van der Waals surface area contributed by atoms with Crippen LogP contribution >= 0.6 is 0 Å². The quantitative estimate of drug-likeness (QED) is 0.734. The first kappa shape index (κ1) is 10.7. The Morgan fingerprint density at radius 3 is 2.60 bits per heavy atom. The Morgan fingerprint density at radius 2 is 2.00 bits per heavy atom. The molecule has 1 atom stereocenters. The van der Waals surface area contributed by atoms with Gasteiger partial charge in [-0.3, -0.25) is 4.98 Å². The zero-order chi connectivity index (χ0) is 10.8. The van der Waals surface area contributed by atoms with Crippen LogP contribution in [0.2, 0.25) is 0 Å². The summed E-state index contributed by atoms with van der Waals surface area (Å²) in [7, 11) is 0. The molecule has 1 aliphatic carbocycles. The molecule has 1 nitrogen and oxygen atoms in total. The van der Waals surface area contributed by atoms with Gasteiger partial charge in [-0.25, -0.2) is 0 Å². The molecule has 0 aromatic carbocycles. The van der Waals surface area contributed by atoms with Gasteiger partial charge < -0.3 is 0 Å². The van der Waals surface area contributed by atoms with E-state index in [1.54, 1.807) is 0 Å². The molecule has 1 heterocycles. The van der Waals surface area contributed by atoms with Crippen LogP contribution in [0.3, 0.4) is 0 Å². The number of nitrogens with zero attached hydrogens (tertiary/aromatic N) is 1. The Morgan fingerprint density at radius 1 is 1.20 bits per heavy atom. The van der Waals surface area contributed by atoms with Gasteiger partial charge in [0.2, 0.25) is 0 Å². The number of hydrogen-bond donors (Lipinski definition) is 0. The molecule has 0 fully saturated rings. The summed E-state index contributed by atoms with van der Waals surface area (Å²) in [4.78, 5) is 4.84. The Kier molecular flexibility index (Phi) is 3.08. The van der Waals surface area contributed by atoms with E-state index in [0.717, 1.165) is 18.8 Å². The van der Waals surface area contributed by atoms with Crippen LogP contribution in [0, 0.1) is 5.92 Å². The highest BCUT2D eigenvalue weighted by Gasteiger charge is 2.22. The Balaban J connectivity index is 2.35. The second-order valence-electron chi connectivity index (χ2n) is 4.59. The van der Waals surface area contributed by atoms with Crippen molar-refractivity contribution in [3.05, 3.63) is 28.6 Å². The van der Waals surface area contributed by atoms with Crippen molar-refractivity contribution in [2.45, 2.75) is 52.9 Å². The first-order chi connectivity index (χ1) is 7.28. The maximum atomic E-state index is 4.84. The van der Waals surface area contributed by atoms with E-state index in [9.17, 15) is 0 Å². The average molecular weight is 203 g/mol. The maximum Gasteiger partial charge on any atom is 0.0442 e. The van der Waals surface area contributed by atoms with Gasteiger partial charge in [-0.2, -0.15) is 0 Å². The van der Waals surface area contributed by atoms with Crippen LogP contribution in [0.5, 0.6) is 0 Å². The molecule has 0 N–H and O–H groups in total. The fraction of sp³-hybridized carbons (Fsp3) is 0.643. The van der Waals surface area contributed by atoms with Gasteiger partial charge >= 0.3 is 0 Å². The van der Waals surface area contributed by atoms with Gasteiger partial charge in [0.15, 0.2) is 0 Å². The van der Waals surface area contributed by atoms with E-state index < -0.39 is 0 Å². The van der Waals surface area contributed by atoms with E-state index in [-0.39, 0.29) is 0 Å². The normalized spacial score (nSPS) is 19.3. The first-order valence-electron chi connectivity index (χ1n) is 6.28. The second-order valence-corrected chi connectivity index (χ2v) is 4.59. The fourth-order valence-electron chi connectivity index (χ4n) is 2.59. The summed E-state index contributed by atoms with van der Waals surface area (Å²) < 4.78 is 0. The molecule has 1 aromatic heterocycles. The lowest BCUT2D eigenvalue weighted by Crippen LogP contribution is -2.00. The zero-order valence-corrected chi connectivity index (χ0v) is 10.1. The number of hydrogen-bond acceptors (Lipinski definition) is 1. The van der Waals surface area contributed by atoms with Crippen LogP contribution in [-0.2, 0) is 25.7 Å². The van der Waals surface area contributed by atoms with Crippen LogP contribution in [0.25, 0.3) is 0 Å². The molecule has 0 saturated carbocycles. The van der Waals surface area contributed by atoms with E-state index in [1.807, 2.05) is 0 Å². The second kappa shape index (κ2) is 4.34. The largest absolute Gasteiger partial charge is 0.257 e. The number of rotatable bonds is 3. The van der Waals surface area contributed by atoms with Crippen LogP contribution in [0.15, 0.2) is 6.07 Å². The lowest BCUT2D eigenvalue weighted by molar-refractivity contribution is 0.540. The third-order valence-electron chi connectivity index (χ3n) is 3.64. The van der Waals surface area contributed by atoms with Gasteiger partial charge in [-0.15, -0.1) is 0 Å².